The SMILES string of the molecule is Cc1ccc(N2C[C@H](C(=O)Oc3ccc(C=O)cc3)CC2=O)c(C)c1. The normalized spacial score (nSPS) is 16.8. The summed E-state index contributed by atoms with van der Waals surface area (Å²) in [7, 11) is 0. The van der Waals surface area contributed by atoms with Gasteiger partial charge in [0.05, 0.1) is 5.92 Å². The van der Waals surface area contributed by atoms with Gasteiger partial charge in [0.2, 0.25) is 5.91 Å². The lowest BCUT2D eigenvalue weighted by Gasteiger charge is -2.19. The van der Waals surface area contributed by atoms with E-state index in [-0.39, 0.29) is 12.3 Å². The molecule has 1 aliphatic heterocycles. The molecule has 5 nitrogen and oxygen atoms in total. The molecule has 0 aromatic heterocycles. The molecule has 0 unspecified atom stereocenters. The van der Waals surface area contributed by atoms with E-state index in [9.17, 15) is 14.4 Å². The molecule has 25 heavy (non-hydrogen) atoms. The molecule has 0 bridgehead atoms. The van der Waals surface area contributed by atoms with Crippen molar-refractivity contribution in [2.75, 3.05) is 11.4 Å². The van der Waals surface area contributed by atoms with Crippen LogP contribution in [0.25, 0.3) is 0 Å². The number of carbonyl (C=O) groups excluding carboxylic acids is 3. The van der Waals surface area contributed by atoms with Crippen molar-refractivity contribution in [3.05, 3.63) is 59.2 Å². The third-order valence-corrected chi connectivity index (χ3v) is 4.34. The van der Waals surface area contributed by atoms with Crippen LogP contribution in [0, 0.1) is 19.8 Å². The number of anilines is 1. The van der Waals surface area contributed by atoms with E-state index in [4.69, 9.17) is 4.74 Å². The Morgan fingerprint density at radius 1 is 1.16 bits per heavy atom. The second-order valence-electron chi connectivity index (χ2n) is 6.30. The van der Waals surface area contributed by atoms with Crippen molar-refractivity contribution in [2.45, 2.75) is 20.3 Å². The standard InChI is InChI=1S/C20H19NO4/c1-13-3-8-18(14(2)9-13)21-11-16(10-19(21)23)20(24)25-17-6-4-15(12-22)5-7-17/h3-9,12,16H,10-11H2,1-2H3/t16-/m1/s1. The number of hydrogen-bond acceptors (Lipinski definition) is 4. The maximum Gasteiger partial charge on any atom is 0.316 e. The highest BCUT2D eigenvalue weighted by molar-refractivity contribution is 6.00. The predicted octanol–water partition coefficient (Wildman–Crippen LogP) is 3.07. The zero-order valence-electron chi connectivity index (χ0n) is 14.2. The minimum absolute atomic E-state index is 0.0785. The lowest BCUT2D eigenvalue weighted by molar-refractivity contribution is -0.139. The summed E-state index contributed by atoms with van der Waals surface area (Å²) in [4.78, 5) is 37.0. The van der Waals surface area contributed by atoms with Gasteiger partial charge < -0.3 is 9.64 Å². The van der Waals surface area contributed by atoms with Gasteiger partial charge in [0.1, 0.15) is 12.0 Å². The van der Waals surface area contributed by atoms with E-state index in [2.05, 4.69) is 0 Å². The number of hydrogen-bond donors (Lipinski definition) is 0. The average Bonchev–Trinajstić information content (AvgIpc) is 2.97. The van der Waals surface area contributed by atoms with Gasteiger partial charge in [-0.25, -0.2) is 0 Å². The number of aldehydes is 1. The summed E-state index contributed by atoms with van der Waals surface area (Å²) in [5.74, 6) is -0.642. The average molecular weight is 337 g/mol. The summed E-state index contributed by atoms with van der Waals surface area (Å²) in [6.45, 7) is 4.27. The maximum atomic E-state index is 12.4. The zero-order valence-corrected chi connectivity index (χ0v) is 14.2. The van der Waals surface area contributed by atoms with Crippen LogP contribution in [0.5, 0.6) is 5.75 Å². The van der Waals surface area contributed by atoms with E-state index in [0.717, 1.165) is 23.1 Å². The molecule has 128 valence electrons. The van der Waals surface area contributed by atoms with Gasteiger partial charge in [-0.1, -0.05) is 17.7 Å². The van der Waals surface area contributed by atoms with Crippen molar-refractivity contribution in [3.8, 4) is 5.75 Å². The third kappa shape index (κ3) is 3.60. The van der Waals surface area contributed by atoms with Crippen molar-refractivity contribution in [1.29, 1.82) is 0 Å². The number of amides is 1. The van der Waals surface area contributed by atoms with Crippen LogP contribution in [0.1, 0.15) is 27.9 Å². The van der Waals surface area contributed by atoms with Crippen LogP contribution in [-0.4, -0.2) is 24.7 Å². The lowest BCUT2D eigenvalue weighted by atomic mass is 10.1. The van der Waals surface area contributed by atoms with E-state index >= 15 is 0 Å². The second-order valence-corrected chi connectivity index (χ2v) is 6.30. The first-order valence-electron chi connectivity index (χ1n) is 8.12. The molecule has 0 N–H and O–H groups in total. The van der Waals surface area contributed by atoms with E-state index in [0.29, 0.717) is 17.9 Å². The third-order valence-electron chi connectivity index (χ3n) is 4.34. The van der Waals surface area contributed by atoms with Gasteiger partial charge in [-0.2, -0.15) is 0 Å². The Labute approximate surface area is 146 Å². The first-order valence-corrected chi connectivity index (χ1v) is 8.12. The number of esters is 1. The topological polar surface area (TPSA) is 63.7 Å². The fourth-order valence-electron chi connectivity index (χ4n) is 3.02. The molecule has 1 amide bonds. The monoisotopic (exact) mass is 337 g/mol. The van der Waals surface area contributed by atoms with Crippen molar-refractivity contribution < 1.29 is 19.1 Å². The molecule has 3 rings (SSSR count). The van der Waals surface area contributed by atoms with Crippen molar-refractivity contribution in [2.24, 2.45) is 5.92 Å². The van der Waals surface area contributed by atoms with Gasteiger partial charge in [-0.15, -0.1) is 0 Å². The summed E-state index contributed by atoms with van der Waals surface area (Å²) < 4.78 is 5.35. The Kier molecular flexibility index (Phi) is 4.65. The first kappa shape index (κ1) is 16.9. The number of ether oxygens (including phenoxy) is 1. The van der Waals surface area contributed by atoms with Crippen molar-refractivity contribution in [3.63, 3.8) is 0 Å². The highest BCUT2D eigenvalue weighted by Crippen LogP contribution is 2.29. The molecule has 2 aromatic rings. The Bertz CT molecular complexity index is 826. The smallest absolute Gasteiger partial charge is 0.316 e. The van der Waals surface area contributed by atoms with Crippen molar-refractivity contribution >= 4 is 23.9 Å². The summed E-state index contributed by atoms with van der Waals surface area (Å²) in [6.07, 6.45) is 0.863. The van der Waals surface area contributed by atoms with Crippen LogP contribution >= 0.6 is 0 Å². The summed E-state index contributed by atoms with van der Waals surface area (Å²) in [5.41, 5.74) is 3.48. The van der Waals surface area contributed by atoms with Crippen LogP contribution in [0.15, 0.2) is 42.5 Å². The predicted molar refractivity (Wildman–Crippen MR) is 93.8 cm³/mol. The Balaban J connectivity index is 1.70. The fourth-order valence-corrected chi connectivity index (χ4v) is 3.02. The van der Waals surface area contributed by atoms with Gasteiger partial charge in [0.15, 0.2) is 0 Å². The molecule has 1 atom stereocenters. The second kappa shape index (κ2) is 6.89. The van der Waals surface area contributed by atoms with E-state index in [1.807, 2.05) is 32.0 Å². The van der Waals surface area contributed by atoms with Gasteiger partial charge in [-0.05, 0) is 49.7 Å². The minimum Gasteiger partial charge on any atom is -0.426 e. The molecule has 0 spiro atoms. The van der Waals surface area contributed by atoms with Crippen LogP contribution in [0.4, 0.5) is 5.69 Å². The Morgan fingerprint density at radius 2 is 1.88 bits per heavy atom. The fraction of sp³-hybridized carbons (Fsp3) is 0.250. The quantitative estimate of drug-likeness (QED) is 0.489. The first-order chi connectivity index (χ1) is 12.0. The van der Waals surface area contributed by atoms with E-state index in [1.165, 1.54) is 0 Å². The number of nitrogens with zero attached hydrogens (tertiary/aromatic N) is 1. The highest BCUT2D eigenvalue weighted by atomic mass is 16.5. The highest BCUT2D eigenvalue weighted by Gasteiger charge is 2.36. The molecular formula is C20H19NO4. The largest absolute Gasteiger partial charge is 0.426 e. The molecule has 0 aliphatic carbocycles. The molecule has 5 heteroatoms. The minimum atomic E-state index is -0.501. The summed E-state index contributed by atoms with van der Waals surface area (Å²) >= 11 is 0. The summed E-state index contributed by atoms with van der Waals surface area (Å²) in [5, 5.41) is 0. The van der Waals surface area contributed by atoms with E-state index < -0.39 is 11.9 Å². The molecule has 0 radical (unpaired) electrons. The Hall–Kier alpha value is -2.95. The number of rotatable bonds is 4. The van der Waals surface area contributed by atoms with Gasteiger partial charge in [0.25, 0.3) is 0 Å². The molecular weight excluding hydrogens is 318 g/mol. The van der Waals surface area contributed by atoms with Crippen LogP contribution in [-0.2, 0) is 9.59 Å². The maximum absolute atomic E-state index is 12.4. The van der Waals surface area contributed by atoms with Gasteiger partial charge in [0, 0.05) is 24.2 Å². The molecule has 1 aliphatic rings. The zero-order chi connectivity index (χ0) is 18.0. The Morgan fingerprint density at radius 3 is 2.52 bits per heavy atom. The van der Waals surface area contributed by atoms with Crippen LogP contribution in [0.3, 0.4) is 0 Å². The lowest BCUT2D eigenvalue weighted by Crippen LogP contribution is -2.27. The van der Waals surface area contributed by atoms with Gasteiger partial charge in [-0.3, -0.25) is 14.4 Å². The molecule has 0 saturated carbocycles. The van der Waals surface area contributed by atoms with Gasteiger partial charge >= 0.3 is 5.97 Å². The van der Waals surface area contributed by atoms with Crippen LogP contribution < -0.4 is 9.64 Å². The summed E-state index contributed by atoms with van der Waals surface area (Å²) in [6, 6.07) is 12.2. The number of carbonyl (C=O) groups is 3. The van der Waals surface area contributed by atoms with Crippen molar-refractivity contribution in [1.82, 2.24) is 0 Å². The molecule has 1 saturated heterocycles. The molecule has 1 fully saturated rings. The number of aryl methyl sites for hydroxylation is 2. The van der Waals surface area contributed by atoms with E-state index in [1.54, 1.807) is 29.2 Å². The van der Waals surface area contributed by atoms with Crippen LogP contribution in [0.2, 0.25) is 0 Å². The number of benzene rings is 2. The molecule has 1 heterocycles. The molecule has 2 aromatic carbocycles.